The average molecular weight is 480 g/mol. The number of carbonyl (C=O) groups is 2. The summed E-state index contributed by atoms with van der Waals surface area (Å²) in [5.41, 5.74) is 15.0. The Hall–Kier alpha value is -3.99. The van der Waals surface area contributed by atoms with E-state index in [2.05, 4.69) is 21.9 Å². The largest absolute Gasteiger partial charge is 0.445 e. The van der Waals surface area contributed by atoms with Crippen molar-refractivity contribution in [1.29, 1.82) is 0 Å². The molecule has 2 aliphatic heterocycles. The van der Waals surface area contributed by atoms with Crippen LogP contribution in [0.1, 0.15) is 47.9 Å². The van der Waals surface area contributed by atoms with Crippen LogP contribution in [0.2, 0.25) is 0 Å². The molecule has 4 heterocycles. The highest BCUT2D eigenvalue weighted by Gasteiger charge is 2.25. The summed E-state index contributed by atoms with van der Waals surface area (Å²) in [4.78, 5) is 38.8. The van der Waals surface area contributed by atoms with E-state index in [4.69, 9.17) is 25.9 Å². The summed E-state index contributed by atoms with van der Waals surface area (Å²) in [6.07, 6.45) is 4.46. The Morgan fingerprint density at radius 1 is 1.29 bits per heavy atom. The molecule has 11 heteroatoms. The molecule has 35 heavy (non-hydrogen) atoms. The van der Waals surface area contributed by atoms with E-state index in [-0.39, 0.29) is 17.5 Å². The van der Waals surface area contributed by atoms with Gasteiger partial charge in [-0.2, -0.15) is 4.98 Å². The van der Waals surface area contributed by atoms with Crippen molar-refractivity contribution in [3.8, 4) is 0 Å². The molecular formula is C24H29N7O4. The third-order valence-electron chi connectivity index (χ3n) is 5.80. The van der Waals surface area contributed by atoms with Crippen LogP contribution in [-0.2, 0) is 9.47 Å². The molecule has 0 aliphatic carbocycles. The van der Waals surface area contributed by atoms with Gasteiger partial charge in [-0.1, -0.05) is 12.7 Å². The minimum absolute atomic E-state index is 0.149. The Morgan fingerprint density at radius 2 is 2.11 bits per heavy atom. The van der Waals surface area contributed by atoms with Gasteiger partial charge >= 0.3 is 6.09 Å². The van der Waals surface area contributed by atoms with Crippen molar-refractivity contribution >= 4 is 40.6 Å². The maximum Gasteiger partial charge on any atom is 0.404 e. The highest BCUT2D eigenvalue weighted by atomic mass is 16.6. The fraction of sp³-hybridized carbons (Fsp3) is 0.375. The second-order valence-electron chi connectivity index (χ2n) is 8.53. The molecule has 5 N–H and O–H groups in total. The van der Waals surface area contributed by atoms with Gasteiger partial charge in [0.15, 0.2) is 0 Å². The lowest BCUT2D eigenvalue weighted by molar-refractivity contribution is 0.0959. The molecule has 2 aliphatic rings. The summed E-state index contributed by atoms with van der Waals surface area (Å²) in [5, 5.41) is 3.23. The van der Waals surface area contributed by atoms with Gasteiger partial charge in [0.05, 0.1) is 31.1 Å². The molecule has 184 valence electrons. The van der Waals surface area contributed by atoms with Crippen molar-refractivity contribution < 1.29 is 19.1 Å². The van der Waals surface area contributed by atoms with Crippen molar-refractivity contribution in [2.45, 2.75) is 32.3 Å². The van der Waals surface area contributed by atoms with Crippen molar-refractivity contribution in [3.63, 3.8) is 0 Å². The summed E-state index contributed by atoms with van der Waals surface area (Å²) in [7, 11) is 0. The van der Waals surface area contributed by atoms with Crippen LogP contribution in [0.5, 0.6) is 0 Å². The first-order valence-corrected chi connectivity index (χ1v) is 11.4. The number of aromatic nitrogens is 3. The Morgan fingerprint density at radius 3 is 2.80 bits per heavy atom. The minimum atomic E-state index is -0.814. The number of pyridine rings is 1. The Kier molecular flexibility index (Phi) is 7.25. The van der Waals surface area contributed by atoms with Gasteiger partial charge in [0, 0.05) is 18.4 Å². The van der Waals surface area contributed by atoms with E-state index in [0.29, 0.717) is 44.4 Å². The van der Waals surface area contributed by atoms with E-state index in [1.165, 1.54) is 6.20 Å². The van der Waals surface area contributed by atoms with Crippen molar-refractivity contribution in [2.24, 2.45) is 11.5 Å². The predicted octanol–water partition coefficient (Wildman–Crippen LogP) is 2.62. The quantitative estimate of drug-likeness (QED) is 0.542. The molecule has 11 nitrogen and oxygen atoms in total. The molecule has 1 atom stereocenters. The van der Waals surface area contributed by atoms with Crippen LogP contribution in [0.4, 0.5) is 22.2 Å². The van der Waals surface area contributed by atoms with Gasteiger partial charge < -0.3 is 31.2 Å². The van der Waals surface area contributed by atoms with Crippen LogP contribution in [-0.4, -0.2) is 59.4 Å². The summed E-state index contributed by atoms with van der Waals surface area (Å²) in [6, 6.07) is 3.74. The van der Waals surface area contributed by atoms with Gasteiger partial charge in [-0.25, -0.2) is 14.8 Å². The van der Waals surface area contributed by atoms with Gasteiger partial charge in [0.1, 0.15) is 17.5 Å². The maximum atomic E-state index is 12.1. The lowest BCUT2D eigenvalue weighted by Gasteiger charge is -2.32. The number of nitrogens with zero attached hydrogens (tertiary/aromatic N) is 4. The van der Waals surface area contributed by atoms with Crippen LogP contribution in [0.3, 0.4) is 0 Å². The van der Waals surface area contributed by atoms with Gasteiger partial charge in [-0.15, -0.1) is 0 Å². The fourth-order valence-corrected chi connectivity index (χ4v) is 4.06. The molecule has 0 bridgehead atoms. The van der Waals surface area contributed by atoms with E-state index in [1.807, 2.05) is 30.0 Å². The van der Waals surface area contributed by atoms with E-state index in [9.17, 15) is 9.59 Å². The van der Waals surface area contributed by atoms with E-state index in [0.717, 1.165) is 35.4 Å². The van der Waals surface area contributed by atoms with Crippen LogP contribution >= 0.6 is 0 Å². The van der Waals surface area contributed by atoms with Crippen molar-refractivity contribution in [2.75, 3.05) is 36.5 Å². The molecule has 2 amide bonds. The number of nitrogens with two attached hydrogens (primary N) is 2. The third kappa shape index (κ3) is 5.93. The number of primary amides is 2. The van der Waals surface area contributed by atoms with Gasteiger partial charge in [0.25, 0.3) is 5.91 Å². The number of nitrogens with one attached hydrogen (secondary N) is 1. The standard InChI is InChI=1S/C24H29N7O4/c1-14(2)19-10-16(11-20(29-19)15-5-8-34-9-6-15)28-22-18(21(25)32)12-27-24(30-22)31-7-3-4-17(13-31)35-23(26)33/h5,10-12,17H,1,3-4,6-9,13H2,2H3,(H2,25,32)(H2,26,33)(H,27,28,29,30)/t17-/m0/s1. The Bertz CT molecular complexity index is 1180. The first-order valence-electron chi connectivity index (χ1n) is 11.4. The number of allylic oxidation sites excluding steroid dienone is 1. The average Bonchev–Trinajstić information content (AvgIpc) is 2.84. The zero-order valence-electron chi connectivity index (χ0n) is 19.6. The lowest BCUT2D eigenvalue weighted by Crippen LogP contribution is -2.42. The predicted molar refractivity (Wildman–Crippen MR) is 132 cm³/mol. The number of carbonyl (C=O) groups excluding carboxylic acids is 2. The highest BCUT2D eigenvalue weighted by Crippen LogP contribution is 2.28. The number of piperidine rings is 1. The van der Waals surface area contributed by atoms with E-state index >= 15 is 0 Å². The fourth-order valence-electron chi connectivity index (χ4n) is 4.06. The monoisotopic (exact) mass is 479 g/mol. The summed E-state index contributed by atoms with van der Waals surface area (Å²) < 4.78 is 10.6. The van der Waals surface area contributed by atoms with E-state index in [1.54, 1.807) is 0 Å². The topological polar surface area (TPSA) is 159 Å². The summed E-state index contributed by atoms with van der Waals surface area (Å²) in [6.45, 7) is 8.14. The van der Waals surface area contributed by atoms with Crippen LogP contribution in [0.25, 0.3) is 11.1 Å². The molecule has 0 aromatic carbocycles. The molecule has 2 aromatic heterocycles. The molecule has 0 radical (unpaired) electrons. The van der Waals surface area contributed by atoms with E-state index < -0.39 is 12.0 Å². The van der Waals surface area contributed by atoms with Crippen LogP contribution < -0.4 is 21.7 Å². The minimum Gasteiger partial charge on any atom is -0.445 e. The lowest BCUT2D eigenvalue weighted by atomic mass is 10.0. The highest BCUT2D eigenvalue weighted by molar-refractivity contribution is 5.98. The molecule has 0 spiro atoms. The van der Waals surface area contributed by atoms with Crippen molar-refractivity contribution in [3.05, 3.63) is 47.9 Å². The third-order valence-corrected chi connectivity index (χ3v) is 5.80. The molecule has 0 unspecified atom stereocenters. The molecule has 4 rings (SSSR count). The number of hydrogen-bond donors (Lipinski definition) is 3. The smallest absolute Gasteiger partial charge is 0.404 e. The van der Waals surface area contributed by atoms with Crippen molar-refractivity contribution in [1.82, 2.24) is 15.0 Å². The SMILES string of the molecule is C=C(C)c1cc(Nc2nc(N3CCC[C@H](OC(N)=O)C3)ncc2C(N)=O)cc(C2=CCOCC2)n1. The van der Waals surface area contributed by atoms with Crippen LogP contribution in [0.15, 0.2) is 31.0 Å². The second kappa shape index (κ2) is 10.5. The Labute approximate surface area is 203 Å². The number of amides is 2. The number of rotatable bonds is 7. The summed E-state index contributed by atoms with van der Waals surface area (Å²) >= 11 is 0. The molecule has 1 fully saturated rings. The number of ether oxygens (including phenoxy) is 2. The zero-order valence-corrected chi connectivity index (χ0v) is 19.6. The normalized spacial score (nSPS) is 17.9. The maximum absolute atomic E-state index is 12.1. The van der Waals surface area contributed by atoms with Gasteiger partial charge in [-0.3, -0.25) is 4.79 Å². The van der Waals surface area contributed by atoms with Gasteiger partial charge in [-0.05, 0) is 49.5 Å². The summed E-state index contributed by atoms with van der Waals surface area (Å²) in [5.74, 6) is -0.00259. The number of anilines is 3. The molecule has 1 saturated heterocycles. The second-order valence-corrected chi connectivity index (χ2v) is 8.53. The first kappa shape index (κ1) is 24.1. The molecule has 0 saturated carbocycles. The Balaban J connectivity index is 1.67. The van der Waals surface area contributed by atoms with Crippen LogP contribution in [0, 0.1) is 0 Å². The molecule has 2 aromatic rings. The zero-order chi connectivity index (χ0) is 24.9. The van der Waals surface area contributed by atoms with Gasteiger partial charge in [0.2, 0.25) is 5.95 Å². The molecular weight excluding hydrogens is 450 g/mol. The number of hydrogen-bond acceptors (Lipinski definition) is 9. The first-order chi connectivity index (χ1) is 16.8.